The number of carbonyl (C=O) groups excluding carboxylic acids is 1. The molecule has 0 atom stereocenters. The van der Waals surface area contributed by atoms with Gasteiger partial charge in [-0.05, 0) is 29.8 Å². The van der Waals surface area contributed by atoms with Gasteiger partial charge >= 0.3 is 0 Å². The fourth-order valence-electron chi connectivity index (χ4n) is 2.12. The van der Waals surface area contributed by atoms with Crippen molar-refractivity contribution < 1.29 is 19.0 Å². The van der Waals surface area contributed by atoms with Crippen molar-refractivity contribution in [2.75, 3.05) is 21.3 Å². The van der Waals surface area contributed by atoms with Crippen molar-refractivity contribution in [1.82, 2.24) is 5.32 Å². The van der Waals surface area contributed by atoms with E-state index in [4.69, 9.17) is 25.8 Å². The van der Waals surface area contributed by atoms with Crippen molar-refractivity contribution in [2.24, 2.45) is 0 Å². The van der Waals surface area contributed by atoms with Crippen molar-refractivity contribution in [3.05, 3.63) is 39.0 Å². The van der Waals surface area contributed by atoms with E-state index in [9.17, 15) is 4.79 Å². The highest BCUT2D eigenvalue weighted by Gasteiger charge is 2.15. The average molecular weight is 356 g/mol. The van der Waals surface area contributed by atoms with Crippen LogP contribution >= 0.6 is 22.9 Å². The molecule has 0 bridgehead atoms. The molecule has 23 heavy (non-hydrogen) atoms. The van der Waals surface area contributed by atoms with Crippen LogP contribution in [-0.4, -0.2) is 27.2 Å². The Morgan fingerprint density at radius 2 is 1.78 bits per heavy atom. The summed E-state index contributed by atoms with van der Waals surface area (Å²) in [6, 6.07) is 7.24. The Balaban J connectivity index is 2.05. The molecule has 0 unspecified atom stereocenters. The van der Waals surface area contributed by atoms with E-state index in [0.717, 1.165) is 10.4 Å². The smallest absolute Gasteiger partial charge is 0.224 e. The first-order valence-electron chi connectivity index (χ1n) is 6.87. The minimum Gasteiger partial charge on any atom is -0.493 e. The second-order valence-corrected chi connectivity index (χ2v) is 6.49. The van der Waals surface area contributed by atoms with Gasteiger partial charge in [0.1, 0.15) is 0 Å². The summed E-state index contributed by atoms with van der Waals surface area (Å²) in [4.78, 5) is 13.1. The predicted octanol–water partition coefficient (Wildman–Crippen LogP) is 3.29. The topological polar surface area (TPSA) is 56.8 Å². The Bertz CT molecular complexity index is 661. The van der Waals surface area contributed by atoms with E-state index in [0.29, 0.717) is 28.1 Å². The lowest BCUT2D eigenvalue weighted by molar-refractivity contribution is -0.120. The first kappa shape index (κ1) is 17.4. The first-order chi connectivity index (χ1) is 11.1. The highest BCUT2D eigenvalue weighted by Crippen LogP contribution is 2.38. The van der Waals surface area contributed by atoms with Crippen LogP contribution in [0.25, 0.3) is 0 Å². The minimum absolute atomic E-state index is 0.0937. The van der Waals surface area contributed by atoms with Crippen LogP contribution in [0.4, 0.5) is 0 Å². The number of methoxy groups -OCH3 is 3. The third-order valence-electron chi connectivity index (χ3n) is 3.18. The maximum absolute atomic E-state index is 12.1. The van der Waals surface area contributed by atoms with Gasteiger partial charge < -0.3 is 19.5 Å². The molecule has 124 valence electrons. The molecule has 1 N–H and O–H groups in total. The molecule has 0 spiro atoms. The second kappa shape index (κ2) is 8.08. The largest absolute Gasteiger partial charge is 0.493 e. The number of hydrogen-bond acceptors (Lipinski definition) is 5. The predicted molar refractivity (Wildman–Crippen MR) is 91.0 cm³/mol. The Hall–Kier alpha value is -1.92. The van der Waals surface area contributed by atoms with Gasteiger partial charge in [0.15, 0.2) is 11.5 Å². The molecule has 1 heterocycles. The van der Waals surface area contributed by atoms with Crippen molar-refractivity contribution in [2.45, 2.75) is 13.0 Å². The van der Waals surface area contributed by atoms with Gasteiger partial charge in [-0.1, -0.05) is 11.6 Å². The zero-order chi connectivity index (χ0) is 16.8. The van der Waals surface area contributed by atoms with E-state index in [1.165, 1.54) is 11.3 Å². The normalized spacial score (nSPS) is 10.3. The van der Waals surface area contributed by atoms with E-state index >= 15 is 0 Å². The van der Waals surface area contributed by atoms with Crippen LogP contribution in [0.15, 0.2) is 24.3 Å². The van der Waals surface area contributed by atoms with Crippen LogP contribution in [0.1, 0.15) is 10.4 Å². The Morgan fingerprint density at radius 1 is 1.13 bits per heavy atom. The summed E-state index contributed by atoms with van der Waals surface area (Å²) in [7, 11) is 4.63. The van der Waals surface area contributed by atoms with Crippen LogP contribution in [-0.2, 0) is 17.8 Å². The van der Waals surface area contributed by atoms with E-state index in [1.54, 1.807) is 33.5 Å². The zero-order valence-corrected chi connectivity index (χ0v) is 14.7. The summed E-state index contributed by atoms with van der Waals surface area (Å²) in [5, 5.41) is 2.86. The Labute approximate surface area is 144 Å². The van der Waals surface area contributed by atoms with Crippen molar-refractivity contribution >= 4 is 28.8 Å². The molecule has 2 aromatic rings. The van der Waals surface area contributed by atoms with Crippen molar-refractivity contribution in [3.63, 3.8) is 0 Å². The summed E-state index contributed by atoms with van der Waals surface area (Å²) >= 11 is 7.31. The van der Waals surface area contributed by atoms with E-state index in [2.05, 4.69) is 5.32 Å². The molecule has 1 aromatic carbocycles. The lowest BCUT2D eigenvalue weighted by atomic mass is 10.1. The maximum Gasteiger partial charge on any atom is 0.224 e. The standard InChI is InChI=1S/C16H18ClNO4S/c1-20-12-6-10(7-13(21-2)16(12)22-3)8-15(19)18-9-11-4-5-14(17)23-11/h4-7H,8-9H2,1-3H3,(H,18,19). The highest BCUT2D eigenvalue weighted by molar-refractivity contribution is 7.16. The molecule has 0 saturated heterocycles. The molecule has 2 rings (SSSR count). The van der Waals surface area contributed by atoms with Gasteiger partial charge in [-0.25, -0.2) is 0 Å². The molecule has 5 nitrogen and oxygen atoms in total. The van der Waals surface area contributed by atoms with Crippen LogP contribution < -0.4 is 19.5 Å². The fraction of sp³-hybridized carbons (Fsp3) is 0.312. The number of nitrogens with one attached hydrogen (secondary N) is 1. The monoisotopic (exact) mass is 355 g/mol. The lowest BCUT2D eigenvalue weighted by Gasteiger charge is -2.14. The number of hydrogen-bond donors (Lipinski definition) is 1. The average Bonchev–Trinajstić information content (AvgIpc) is 2.97. The number of halogens is 1. The van der Waals surface area contributed by atoms with Crippen LogP contribution in [0.3, 0.4) is 0 Å². The van der Waals surface area contributed by atoms with E-state index < -0.39 is 0 Å². The van der Waals surface area contributed by atoms with Gasteiger partial charge in [0, 0.05) is 4.88 Å². The summed E-state index contributed by atoms with van der Waals surface area (Å²) in [5.74, 6) is 1.47. The van der Waals surface area contributed by atoms with Crippen molar-refractivity contribution in [3.8, 4) is 17.2 Å². The van der Waals surface area contributed by atoms with Crippen LogP contribution in [0, 0.1) is 0 Å². The van der Waals surface area contributed by atoms with Gasteiger partial charge in [-0.15, -0.1) is 11.3 Å². The SMILES string of the molecule is COc1cc(CC(=O)NCc2ccc(Cl)s2)cc(OC)c1OC. The number of benzene rings is 1. The molecule has 0 saturated carbocycles. The molecule has 0 fully saturated rings. The Morgan fingerprint density at radius 3 is 2.26 bits per heavy atom. The summed E-state index contributed by atoms with van der Waals surface area (Å²) < 4.78 is 16.5. The number of amides is 1. The molecule has 7 heteroatoms. The van der Waals surface area contributed by atoms with Gasteiger partial charge in [-0.3, -0.25) is 4.79 Å². The van der Waals surface area contributed by atoms with E-state index in [1.807, 2.05) is 12.1 Å². The third-order valence-corrected chi connectivity index (χ3v) is 4.41. The fourth-order valence-corrected chi connectivity index (χ4v) is 3.15. The molecule has 0 radical (unpaired) electrons. The van der Waals surface area contributed by atoms with Gasteiger partial charge in [-0.2, -0.15) is 0 Å². The van der Waals surface area contributed by atoms with Gasteiger partial charge in [0.2, 0.25) is 11.7 Å². The highest BCUT2D eigenvalue weighted by atomic mass is 35.5. The van der Waals surface area contributed by atoms with Gasteiger partial charge in [0.25, 0.3) is 0 Å². The van der Waals surface area contributed by atoms with Crippen molar-refractivity contribution in [1.29, 1.82) is 0 Å². The van der Waals surface area contributed by atoms with Crippen LogP contribution in [0.2, 0.25) is 4.34 Å². The molecular formula is C16H18ClNO4S. The van der Waals surface area contributed by atoms with Gasteiger partial charge in [0.05, 0.1) is 38.6 Å². The number of rotatable bonds is 7. The maximum atomic E-state index is 12.1. The molecule has 0 aliphatic rings. The molecular weight excluding hydrogens is 338 g/mol. The second-order valence-electron chi connectivity index (χ2n) is 4.69. The van der Waals surface area contributed by atoms with Crippen LogP contribution in [0.5, 0.6) is 17.2 Å². The van der Waals surface area contributed by atoms with E-state index in [-0.39, 0.29) is 12.3 Å². The molecule has 1 aromatic heterocycles. The zero-order valence-electron chi connectivity index (χ0n) is 13.1. The summed E-state index contributed by atoms with van der Waals surface area (Å²) in [5.41, 5.74) is 0.779. The quantitative estimate of drug-likeness (QED) is 0.828. The minimum atomic E-state index is -0.0937. The Kier molecular flexibility index (Phi) is 6.12. The number of carbonyl (C=O) groups is 1. The third kappa shape index (κ3) is 4.53. The summed E-state index contributed by atoms with van der Waals surface area (Å²) in [6.07, 6.45) is 0.218. The number of thiophene rings is 1. The number of ether oxygens (including phenoxy) is 3. The first-order valence-corrected chi connectivity index (χ1v) is 8.06. The lowest BCUT2D eigenvalue weighted by Crippen LogP contribution is -2.24. The molecule has 0 aliphatic heterocycles. The summed E-state index contributed by atoms with van der Waals surface area (Å²) in [6.45, 7) is 0.459. The molecule has 1 amide bonds. The molecule has 0 aliphatic carbocycles.